The van der Waals surface area contributed by atoms with Crippen molar-refractivity contribution in [3.8, 4) is 0 Å². The van der Waals surface area contributed by atoms with Crippen LogP contribution in [0.2, 0.25) is 0 Å². The zero-order valence-electron chi connectivity index (χ0n) is 18.2. The largest absolute Gasteiger partial charge is 0.465 e. The Morgan fingerprint density at radius 3 is 2.12 bits per heavy atom. The number of hydrogen-bond acceptors (Lipinski definition) is 5. The molecular weight excluding hydrogens is 428 g/mol. The average Bonchev–Trinajstić information content (AvgIpc) is 2.83. The van der Waals surface area contributed by atoms with Crippen molar-refractivity contribution < 1.29 is 27.8 Å². The number of aromatic nitrogens is 1. The van der Waals surface area contributed by atoms with Crippen LogP contribution in [-0.2, 0) is 14.9 Å². The number of rotatable bonds is 4. The van der Waals surface area contributed by atoms with Gasteiger partial charge in [0, 0.05) is 22.6 Å². The summed E-state index contributed by atoms with van der Waals surface area (Å²) in [5, 5.41) is 0.871. The smallest absolute Gasteiger partial charge is 0.338 e. The molecule has 7 heteroatoms. The second kappa shape index (κ2) is 7.90. The van der Waals surface area contributed by atoms with Gasteiger partial charge in [0.15, 0.2) is 0 Å². The normalized spacial score (nSPS) is 24.0. The fourth-order valence-electron chi connectivity index (χ4n) is 5.28. The molecule has 0 spiro atoms. The predicted octanol–water partition coefficient (Wildman–Crippen LogP) is 5.50. The number of methoxy groups -OCH3 is 1. The minimum Gasteiger partial charge on any atom is -0.465 e. The van der Waals surface area contributed by atoms with Crippen LogP contribution in [0.3, 0.4) is 0 Å². The van der Waals surface area contributed by atoms with Gasteiger partial charge in [-0.15, -0.1) is 0 Å². The summed E-state index contributed by atoms with van der Waals surface area (Å²) in [6.45, 7) is 0. The van der Waals surface area contributed by atoms with Gasteiger partial charge in [-0.3, -0.25) is 4.98 Å². The third kappa shape index (κ3) is 3.86. The summed E-state index contributed by atoms with van der Waals surface area (Å²) < 4.78 is 37.6. The topological polar surface area (TPSA) is 65.5 Å². The second-order valence-electron chi connectivity index (χ2n) is 9.11. The van der Waals surface area contributed by atoms with E-state index in [-0.39, 0.29) is 16.9 Å². The van der Waals surface area contributed by atoms with E-state index in [2.05, 4.69) is 0 Å². The Morgan fingerprint density at radius 2 is 1.48 bits per heavy atom. The Hall–Kier alpha value is -3.35. The molecule has 170 valence electrons. The fourth-order valence-corrected chi connectivity index (χ4v) is 5.28. The molecule has 3 fully saturated rings. The van der Waals surface area contributed by atoms with Crippen LogP contribution in [0.4, 0.5) is 8.78 Å². The molecule has 0 aliphatic heterocycles. The lowest BCUT2D eigenvalue weighted by Crippen LogP contribution is -2.50. The number of halogens is 2. The molecule has 2 bridgehead atoms. The molecule has 3 saturated carbocycles. The predicted molar refractivity (Wildman–Crippen MR) is 117 cm³/mol. The van der Waals surface area contributed by atoms with E-state index in [0.29, 0.717) is 24.8 Å². The van der Waals surface area contributed by atoms with E-state index in [4.69, 9.17) is 14.5 Å². The molecule has 3 aliphatic carbocycles. The maximum Gasteiger partial charge on any atom is 0.338 e. The molecule has 6 rings (SSSR count). The zero-order chi connectivity index (χ0) is 23.2. The van der Waals surface area contributed by atoms with E-state index in [1.54, 1.807) is 12.1 Å². The quantitative estimate of drug-likeness (QED) is 0.490. The van der Waals surface area contributed by atoms with Gasteiger partial charge in [-0.1, -0.05) is 6.07 Å². The third-order valence-corrected chi connectivity index (χ3v) is 7.24. The van der Waals surface area contributed by atoms with Crippen LogP contribution in [0.1, 0.15) is 64.9 Å². The Balaban J connectivity index is 1.34. The van der Waals surface area contributed by atoms with Gasteiger partial charge in [0.2, 0.25) is 0 Å². The highest BCUT2D eigenvalue weighted by molar-refractivity contribution is 5.94. The van der Waals surface area contributed by atoms with E-state index in [0.717, 1.165) is 54.1 Å². The lowest BCUT2D eigenvalue weighted by Gasteiger charge is -2.52. The first kappa shape index (κ1) is 21.5. The Morgan fingerprint density at radius 1 is 0.818 bits per heavy atom. The third-order valence-electron chi connectivity index (χ3n) is 7.24. The van der Waals surface area contributed by atoms with Gasteiger partial charge in [0.05, 0.1) is 23.8 Å². The molecular formula is C26H23F2NO4. The molecule has 0 saturated heterocycles. The Kier molecular flexibility index (Phi) is 5.15. The number of fused-ring (bicyclic) bond motifs is 4. The van der Waals surface area contributed by atoms with E-state index in [1.165, 1.54) is 7.11 Å². The second-order valence-corrected chi connectivity index (χ2v) is 9.11. The van der Waals surface area contributed by atoms with Crippen molar-refractivity contribution in [3.63, 3.8) is 0 Å². The molecule has 0 radical (unpaired) electrons. The minimum absolute atomic E-state index is 0.0890. The highest BCUT2D eigenvalue weighted by Gasteiger charge is 2.52. The number of carbonyl (C=O) groups excluding carboxylic acids is 2. The summed E-state index contributed by atoms with van der Waals surface area (Å²) in [6.07, 6.45) is 4.48. The summed E-state index contributed by atoms with van der Waals surface area (Å²) in [5.41, 5.74) is 1.51. The Bertz CT molecular complexity index is 1230. The number of pyridine rings is 1. The minimum atomic E-state index is -0.799. The van der Waals surface area contributed by atoms with Crippen molar-refractivity contribution in [2.24, 2.45) is 0 Å². The van der Waals surface area contributed by atoms with Crippen LogP contribution in [0.15, 0.2) is 48.5 Å². The van der Waals surface area contributed by atoms with Crippen molar-refractivity contribution >= 4 is 22.8 Å². The van der Waals surface area contributed by atoms with Crippen LogP contribution >= 0.6 is 0 Å². The van der Waals surface area contributed by atoms with Crippen LogP contribution in [-0.4, -0.2) is 29.6 Å². The van der Waals surface area contributed by atoms with Crippen LogP contribution in [0, 0.1) is 11.6 Å². The molecule has 1 aromatic heterocycles. The van der Waals surface area contributed by atoms with Gasteiger partial charge >= 0.3 is 11.9 Å². The standard InChI is InChI=1S/C26H23F2NO4/c1-32-23(30)17-2-4-21-16(12-17)3-5-22(29-21)25-6-9-26(10-7-25,11-8-25)33-24(31)18-13-19(27)15-20(28)14-18/h2-5,12-15H,6-11H2,1H3. The number of carbonyl (C=O) groups is 2. The van der Waals surface area contributed by atoms with Crippen molar-refractivity contribution in [1.29, 1.82) is 0 Å². The number of nitrogens with zero attached hydrogens (tertiary/aromatic N) is 1. The van der Waals surface area contributed by atoms with Crippen molar-refractivity contribution in [3.05, 3.63) is 77.0 Å². The first-order valence-corrected chi connectivity index (χ1v) is 11.0. The van der Waals surface area contributed by atoms with Crippen LogP contribution in [0.25, 0.3) is 10.9 Å². The van der Waals surface area contributed by atoms with Gasteiger partial charge in [-0.05, 0) is 74.9 Å². The maximum absolute atomic E-state index is 13.5. The summed E-state index contributed by atoms with van der Waals surface area (Å²) in [6, 6.07) is 12.1. The average molecular weight is 451 g/mol. The Labute approximate surface area is 189 Å². The van der Waals surface area contributed by atoms with Gasteiger partial charge < -0.3 is 9.47 Å². The van der Waals surface area contributed by atoms with Gasteiger partial charge in [-0.25, -0.2) is 18.4 Å². The van der Waals surface area contributed by atoms with Crippen molar-refractivity contribution in [2.75, 3.05) is 7.11 Å². The SMILES string of the molecule is COC(=O)c1ccc2nc(C34CCC(OC(=O)c5cc(F)cc(F)c5)(CC3)CC4)ccc2c1. The molecule has 1 heterocycles. The van der Waals surface area contributed by atoms with Crippen molar-refractivity contribution in [1.82, 2.24) is 4.98 Å². The fraction of sp³-hybridized carbons (Fsp3) is 0.346. The molecule has 3 aromatic rings. The van der Waals surface area contributed by atoms with E-state index < -0.39 is 23.2 Å². The molecule has 2 aromatic carbocycles. The summed E-state index contributed by atoms with van der Waals surface area (Å²) in [5.74, 6) is -2.67. The van der Waals surface area contributed by atoms with E-state index >= 15 is 0 Å². The molecule has 33 heavy (non-hydrogen) atoms. The van der Waals surface area contributed by atoms with Gasteiger partial charge in [-0.2, -0.15) is 0 Å². The molecule has 0 atom stereocenters. The van der Waals surface area contributed by atoms with Gasteiger partial charge in [0.25, 0.3) is 0 Å². The number of hydrogen-bond donors (Lipinski definition) is 0. The monoisotopic (exact) mass is 451 g/mol. The first-order chi connectivity index (χ1) is 15.8. The van der Waals surface area contributed by atoms with E-state index in [9.17, 15) is 18.4 Å². The zero-order valence-corrected chi connectivity index (χ0v) is 18.2. The maximum atomic E-state index is 13.5. The molecule has 0 amide bonds. The number of ether oxygens (including phenoxy) is 2. The molecule has 5 nitrogen and oxygen atoms in total. The molecule has 3 aliphatic rings. The summed E-state index contributed by atoms with van der Waals surface area (Å²) in [7, 11) is 1.35. The lowest BCUT2D eigenvalue weighted by atomic mass is 9.57. The number of esters is 2. The summed E-state index contributed by atoms with van der Waals surface area (Å²) in [4.78, 5) is 29.3. The van der Waals surface area contributed by atoms with Crippen LogP contribution in [0.5, 0.6) is 0 Å². The highest BCUT2D eigenvalue weighted by atomic mass is 19.1. The molecule has 0 N–H and O–H groups in total. The van der Waals surface area contributed by atoms with Gasteiger partial charge in [0.1, 0.15) is 17.2 Å². The lowest BCUT2D eigenvalue weighted by molar-refractivity contribution is -0.0845. The van der Waals surface area contributed by atoms with Crippen LogP contribution < -0.4 is 0 Å². The summed E-state index contributed by atoms with van der Waals surface area (Å²) >= 11 is 0. The van der Waals surface area contributed by atoms with E-state index in [1.807, 2.05) is 18.2 Å². The number of benzene rings is 2. The first-order valence-electron chi connectivity index (χ1n) is 11.0. The highest BCUT2D eigenvalue weighted by Crippen LogP contribution is 2.55. The van der Waals surface area contributed by atoms with Crippen molar-refractivity contribution in [2.45, 2.75) is 49.5 Å². The molecule has 0 unspecified atom stereocenters.